The van der Waals surface area contributed by atoms with Crippen LogP contribution in [0.15, 0.2) is 106 Å². The van der Waals surface area contributed by atoms with E-state index in [1.807, 2.05) is 0 Å². The van der Waals surface area contributed by atoms with E-state index in [2.05, 4.69) is 159 Å². The van der Waals surface area contributed by atoms with Gasteiger partial charge in [-0.3, -0.25) is 0 Å². The fourth-order valence-corrected chi connectivity index (χ4v) is 15.2. The second-order valence-corrected chi connectivity index (χ2v) is 21.9. The van der Waals surface area contributed by atoms with Crippen molar-refractivity contribution in [3.63, 3.8) is 0 Å². The zero-order valence-electron chi connectivity index (χ0n) is 27.4. The van der Waals surface area contributed by atoms with Crippen molar-refractivity contribution in [3.05, 3.63) is 129 Å². The number of fused-ring (bicyclic) bond motifs is 3. The summed E-state index contributed by atoms with van der Waals surface area (Å²) >= 11 is -2.29. The molecule has 2 aliphatic rings. The van der Waals surface area contributed by atoms with Crippen LogP contribution >= 0.6 is 0 Å². The Bertz CT molecular complexity index is 1650. The number of hydrogen-bond acceptors (Lipinski definition) is 0. The van der Waals surface area contributed by atoms with Crippen LogP contribution in [0.1, 0.15) is 87.7 Å². The molecule has 4 aromatic carbocycles. The molecule has 44 heavy (non-hydrogen) atoms. The molecule has 0 aliphatic heterocycles. The summed E-state index contributed by atoms with van der Waals surface area (Å²) in [6, 6.07) is 32.5. The molecule has 0 radical (unpaired) electrons. The second kappa shape index (κ2) is 13.2. The third-order valence-corrected chi connectivity index (χ3v) is 17.2. The van der Waals surface area contributed by atoms with Crippen molar-refractivity contribution in [2.45, 2.75) is 76.3 Å². The van der Waals surface area contributed by atoms with Gasteiger partial charge in [0.05, 0.1) is 0 Å². The number of halogens is 2. The molecule has 0 amide bonds. The number of rotatable bonds is 4. The predicted octanol–water partition coefficient (Wildman–Crippen LogP) is 5.37. The monoisotopic (exact) mass is 696 g/mol. The van der Waals surface area contributed by atoms with Gasteiger partial charge in [0.25, 0.3) is 0 Å². The molecule has 4 aromatic rings. The summed E-state index contributed by atoms with van der Waals surface area (Å²) in [6.45, 7) is 19.1. The van der Waals surface area contributed by atoms with Crippen molar-refractivity contribution in [2.24, 2.45) is 0 Å². The summed E-state index contributed by atoms with van der Waals surface area (Å²) in [5.41, 5.74) is 14.4. The van der Waals surface area contributed by atoms with Crippen LogP contribution < -0.4 is 24.8 Å². The largest absolute Gasteiger partial charge is 1.00 e. The van der Waals surface area contributed by atoms with E-state index in [0.717, 1.165) is 6.42 Å². The third-order valence-electron chi connectivity index (χ3n) is 9.02. The first kappa shape index (κ1) is 34.6. The maximum Gasteiger partial charge on any atom is -1.00 e. The van der Waals surface area contributed by atoms with Gasteiger partial charge in [-0.25, -0.2) is 0 Å². The molecule has 0 atom stereocenters. The van der Waals surface area contributed by atoms with Gasteiger partial charge in [0.2, 0.25) is 0 Å². The maximum atomic E-state index is 2.61. The van der Waals surface area contributed by atoms with Gasteiger partial charge in [-0.05, 0) is 0 Å². The molecule has 0 unspecified atom stereocenters. The maximum absolute atomic E-state index is 2.61. The number of hydrogen-bond donors (Lipinski definition) is 0. The van der Waals surface area contributed by atoms with Crippen molar-refractivity contribution < 1.29 is 46.1 Å². The van der Waals surface area contributed by atoms with E-state index >= 15 is 0 Å². The average Bonchev–Trinajstić information content (AvgIpc) is 3.59. The van der Waals surface area contributed by atoms with Gasteiger partial charge in [0.1, 0.15) is 0 Å². The Morgan fingerprint density at radius 3 is 1.39 bits per heavy atom. The summed E-state index contributed by atoms with van der Waals surface area (Å²) in [4.78, 5) is 0. The zero-order chi connectivity index (χ0) is 29.8. The van der Waals surface area contributed by atoms with Crippen molar-refractivity contribution in [3.8, 4) is 33.4 Å². The van der Waals surface area contributed by atoms with Crippen LogP contribution in [-0.4, -0.2) is 3.21 Å². The Hall–Kier alpha value is -2.31. The van der Waals surface area contributed by atoms with Gasteiger partial charge < -0.3 is 24.8 Å². The fraction of sp³-hybridized carbons (Fsp3) is 0.293. The molecule has 0 saturated carbocycles. The van der Waals surface area contributed by atoms with Gasteiger partial charge in [-0.1, -0.05) is 0 Å². The van der Waals surface area contributed by atoms with E-state index in [0.29, 0.717) is 3.63 Å². The van der Waals surface area contributed by atoms with Gasteiger partial charge in [0, 0.05) is 0 Å². The Morgan fingerprint density at radius 2 is 1.05 bits per heavy atom. The normalized spacial score (nSPS) is 13.7. The van der Waals surface area contributed by atoms with E-state index in [9.17, 15) is 0 Å². The molecular formula is C41H44Cl2Zr. The minimum atomic E-state index is -2.29. The molecule has 0 spiro atoms. The van der Waals surface area contributed by atoms with Crippen LogP contribution in [0.2, 0.25) is 0 Å². The molecule has 0 nitrogen and oxygen atoms in total. The Balaban J connectivity index is 0.00000221. The van der Waals surface area contributed by atoms with Crippen LogP contribution in [0.25, 0.3) is 33.4 Å². The minimum absolute atomic E-state index is 0. The summed E-state index contributed by atoms with van der Waals surface area (Å²) in [6.07, 6.45) is 8.25. The van der Waals surface area contributed by atoms with Crippen molar-refractivity contribution in [1.29, 1.82) is 0 Å². The predicted molar refractivity (Wildman–Crippen MR) is 180 cm³/mol. The van der Waals surface area contributed by atoms with E-state index in [-0.39, 0.29) is 35.6 Å². The number of allylic oxidation sites excluding steroid dienone is 4. The van der Waals surface area contributed by atoms with Crippen LogP contribution in [0.5, 0.6) is 0 Å². The number of benzene rings is 4. The van der Waals surface area contributed by atoms with Gasteiger partial charge in [-0.2, -0.15) is 0 Å². The van der Waals surface area contributed by atoms with Crippen LogP contribution in [0, 0.1) is 0 Å². The summed E-state index contributed by atoms with van der Waals surface area (Å²) in [5.74, 6) is 0. The SMILES string of the molecule is C[C](C)=[Zr+2]([C]1=CC=CC1)[CH]1c2cc(-c3ccccc3)c(C(C)(C)C)cc2-c2cc(C(C)(C)C)c(-c3ccccc3)cc21.[Cl-].[Cl-]. The molecule has 0 bridgehead atoms. The molecular weight excluding hydrogens is 655 g/mol. The second-order valence-electron chi connectivity index (χ2n) is 14.4. The first-order valence-corrected chi connectivity index (χ1v) is 19.3. The summed E-state index contributed by atoms with van der Waals surface area (Å²) in [7, 11) is 0. The quantitative estimate of drug-likeness (QED) is 0.269. The molecule has 2 aliphatic carbocycles. The van der Waals surface area contributed by atoms with Crippen LogP contribution in [0.4, 0.5) is 0 Å². The third kappa shape index (κ3) is 6.36. The standard InChI is InChI=1S/C33H33.C5H5.C3H6.2ClH.Zr/c1-32(2,3)30-20-26-24(18-28(30)22-13-9-7-10-14-22)17-25-19-29(23-15-11-8-12-16-23)31(21-27(25)26)33(4,5)6;1-2-4-5-3-1;1-3-2;;;/h7-21H,1-6H3;1-3H,4H2;1-2H3;2*1H;/q;;;;;+2/p-2. The molecule has 0 heterocycles. The molecule has 226 valence electrons. The zero-order valence-corrected chi connectivity index (χ0v) is 31.3. The Morgan fingerprint density at radius 1 is 0.614 bits per heavy atom. The van der Waals surface area contributed by atoms with E-state index < -0.39 is 21.3 Å². The van der Waals surface area contributed by atoms with Crippen molar-refractivity contribution in [1.82, 2.24) is 0 Å². The van der Waals surface area contributed by atoms with Crippen LogP contribution in [0.3, 0.4) is 0 Å². The van der Waals surface area contributed by atoms with Crippen LogP contribution in [-0.2, 0) is 32.1 Å². The molecule has 0 saturated heterocycles. The fourth-order valence-electron chi connectivity index (χ4n) is 7.05. The first-order valence-electron chi connectivity index (χ1n) is 15.5. The van der Waals surface area contributed by atoms with Gasteiger partial charge >= 0.3 is 263 Å². The van der Waals surface area contributed by atoms with Gasteiger partial charge in [-0.15, -0.1) is 0 Å². The average molecular weight is 699 g/mol. The summed E-state index contributed by atoms with van der Waals surface area (Å²) in [5, 5.41) is 0. The molecule has 0 N–H and O–H groups in total. The summed E-state index contributed by atoms with van der Waals surface area (Å²) < 4.78 is 3.88. The molecule has 0 fully saturated rings. The van der Waals surface area contributed by atoms with E-state index in [1.54, 1.807) is 17.6 Å². The topological polar surface area (TPSA) is 0 Å². The van der Waals surface area contributed by atoms with E-state index in [1.165, 1.54) is 44.5 Å². The minimum Gasteiger partial charge on any atom is -1.00 e. The molecule has 3 heteroatoms. The van der Waals surface area contributed by atoms with Gasteiger partial charge in [0.15, 0.2) is 0 Å². The molecule has 6 rings (SSSR count). The first-order chi connectivity index (χ1) is 19.9. The Kier molecular flexibility index (Phi) is 10.4. The molecule has 0 aromatic heterocycles. The van der Waals surface area contributed by atoms with E-state index in [4.69, 9.17) is 0 Å². The van der Waals surface area contributed by atoms with Crippen molar-refractivity contribution >= 4 is 3.21 Å². The van der Waals surface area contributed by atoms with Crippen molar-refractivity contribution in [2.75, 3.05) is 0 Å². The Labute approximate surface area is 285 Å². The smallest absolute Gasteiger partial charge is 1.00 e.